The maximum Gasteiger partial charge on any atom is 0.0702 e. The first-order valence-corrected chi connectivity index (χ1v) is 6.43. The highest BCUT2D eigenvalue weighted by atomic mass is 79.9. The van der Waals surface area contributed by atoms with E-state index in [1.807, 2.05) is 18.2 Å². The zero-order valence-electron chi connectivity index (χ0n) is 8.41. The van der Waals surface area contributed by atoms with Gasteiger partial charge in [-0.05, 0) is 47.1 Å². The van der Waals surface area contributed by atoms with Gasteiger partial charge in [0.05, 0.1) is 9.83 Å². The Labute approximate surface area is 102 Å². The quantitative estimate of drug-likeness (QED) is 0.861. The smallest absolute Gasteiger partial charge is 0.0702 e. The summed E-state index contributed by atoms with van der Waals surface area (Å²) < 4.78 is 1.18. The Bertz CT molecular complexity index is 424. The van der Waals surface area contributed by atoms with Gasteiger partial charge in [0.2, 0.25) is 0 Å². The Balaban J connectivity index is 2.07. The third-order valence-corrected chi connectivity index (χ3v) is 3.98. The molecule has 0 aliphatic heterocycles. The Morgan fingerprint density at radius 3 is 2.47 bits per heavy atom. The topological polar surface area (TPSA) is 12.0 Å². The molecule has 3 heteroatoms. The summed E-state index contributed by atoms with van der Waals surface area (Å²) in [7, 11) is 0. The molecule has 1 aromatic carbocycles. The van der Waals surface area contributed by atoms with Crippen LogP contribution in [0.4, 0.5) is 5.69 Å². The second-order valence-corrected chi connectivity index (χ2v) is 5.87. The molecule has 0 fully saturated rings. The van der Waals surface area contributed by atoms with Crippen LogP contribution in [0.5, 0.6) is 0 Å². The number of benzene rings is 1. The number of hydrogen-bond donors (Lipinski definition) is 1. The zero-order chi connectivity index (χ0) is 10.7. The van der Waals surface area contributed by atoms with Crippen molar-refractivity contribution in [2.75, 3.05) is 5.32 Å². The molecule has 1 aromatic heterocycles. The summed E-state index contributed by atoms with van der Waals surface area (Å²) in [4.78, 5) is 1.34. The van der Waals surface area contributed by atoms with Gasteiger partial charge in [-0.2, -0.15) is 0 Å². The molecule has 0 bridgehead atoms. The van der Waals surface area contributed by atoms with E-state index < -0.39 is 0 Å². The summed E-state index contributed by atoms with van der Waals surface area (Å²) in [5.41, 5.74) is 1.16. The highest BCUT2D eigenvalue weighted by Crippen LogP contribution is 2.29. The number of nitrogens with one attached hydrogen (secondary N) is 1. The van der Waals surface area contributed by atoms with E-state index >= 15 is 0 Å². The maximum atomic E-state index is 3.48. The number of thiophene rings is 1. The normalized spacial score (nSPS) is 12.4. The number of halogens is 1. The van der Waals surface area contributed by atoms with E-state index in [9.17, 15) is 0 Å². The summed E-state index contributed by atoms with van der Waals surface area (Å²) in [6, 6.07) is 14.9. The van der Waals surface area contributed by atoms with E-state index in [2.05, 4.69) is 52.4 Å². The zero-order valence-corrected chi connectivity index (χ0v) is 10.8. The lowest BCUT2D eigenvalue weighted by atomic mass is 10.2. The second-order valence-electron chi connectivity index (χ2n) is 3.37. The van der Waals surface area contributed by atoms with Gasteiger partial charge in [0, 0.05) is 10.6 Å². The van der Waals surface area contributed by atoms with Crippen LogP contribution in [-0.2, 0) is 0 Å². The predicted octanol–water partition coefficient (Wildman–Crippen LogP) is 4.68. The molecule has 2 aromatic rings. The minimum Gasteiger partial charge on any atom is -0.378 e. The highest BCUT2D eigenvalue weighted by molar-refractivity contribution is 9.11. The van der Waals surface area contributed by atoms with Crippen LogP contribution < -0.4 is 5.32 Å². The SMILES string of the molecule is C[C@H](Nc1ccccc1)c1ccc(Br)s1. The molecule has 0 saturated heterocycles. The van der Waals surface area contributed by atoms with Gasteiger partial charge < -0.3 is 5.32 Å². The molecule has 0 saturated carbocycles. The lowest BCUT2D eigenvalue weighted by molar-refractivity contribution is 0.908. The molecule has 0 amide bonds. The van der Waals surface area contributed by atoms with Gasteiger partial charge in [-0.25, -0.2) is 0 Å². The third kappa shape index (κ3) is 2.83. The van der Waals surface area contributed by atoms with Crippen LogP contribution in [0.3, 0.4) is 0 Å². The van der Waals surface area contributed by atoms with E-state index in [-0.39, 0.29) is 0 Å². The summed E-state index contributed by atoms with van der Waals surface area (Å²) >= 11 is 5.25. The van der Waals surface area contributed by atoms with Gasteiger partial charge in [-0.3, -0.25) is 0 Å². The van der Waals surface area contributed by atoms with Gasteiger partial charge in [-0.15, -0.1) is 11.3 Å². The van der Waals surface area contributed by atoms with Crippen molar-refractivity contribution in [1.82, 2.24) is 0 Å². The van der Waals surface area contributed by atoms with E-state index in [1.54, 1.807) is 11.3 Å². The van der Waals surface area contributed by atoms with Crippen molar-refractivity contribution in [2.24, 2.45) is 0 Å². The molecule has 0 spiro atoms. The summed E-state index contributed by atoms with van der Waals surface area (Å²) in [5, 5.41) is 3.46. The minimum absolute atomic E-state index is 0.351. The van der Waals surface area contributed by atoms with Gasteiger partial charge in [0.25, 0.3) is 0 Å². The van der Waals surface area contributed by atoms with Crippen LogP contribution in [0.2, 0.25) is 0 Å². The largest absolute Gasteiger partial charge is 0.378 e. The molecule has 0 unspecified atom stereocenters. The number of anilines is 1. The minimum atomic E-state index is 0.351. The lowest BCUT2D eigenvalue weighted by Crippen LogP contribution is -2.04. The average molecular weight is 282 g/mol. The molecular formula is C12H12BrNS. The van der Waals surface area contributed by atoms with Crippen LogP contribution in [0.1, 0.15) is 17.8 Å². The van der Waals surface area contributed by atoms with Crippen LogP contribution in [0.15, 0.2) is 46.3 Å². The van der Waals surface area contributed by atoms with Gasteiger partial charge in [0.1, 0.15) is 0 Å². The van der Waals surface area contributed by atoms with E-state index in [4.69, 9.17) is 0 Å². The first-order chi connectivity index (χ1) is 7.25. The third-order valence-electron chi connectivity index (χ3n) is 2.18. The van der Waals surface area contributed by atoms with Gasteiger partial charge in [-0.1, -0.05) is 18.2 Å². The van der Waals surface area contributed by atoms with Crippen molar-refractivity contribution in [2.45, 2.75) is 13.0 Å². The first-order valence-electron chi connectivity index (χ1n) is 4.82. The van der Waals surface area contributed by atoms with Crippen molar-refractivity contribution < 1.29 is 0 Å². The van der Waals surface area contributed by atoms with E-state index in [0.29, 0.717) is 6.04 Å². The highest BCUT2D eigenvalue weighted by Gasteiger charge is 2.07. The lowest BCUT2D eigenvalue weighted by Gasteiger charge is -2.13. The summed E-state index contributed by atoms with van der Waals surface area (Å²) in [6.07, 6.45) is 0. The van der Waals surface area contributed by atoms with Crippen LogP contribution >= 0.6 is 27.3 Å². The Morgan fingerprint density at radius 2 is 1.87 bits per heavy atom. The molecule has 1 atom stereocenters. The summed E-state index contributed by atoms with van der Waals surface area (Å²) in [5.74, 6) is 0. The first kappa shape index (κ1) is 10.7. The molecule has 0 radical (unpaired) electrons. The van der Waals surface area contributed by atoms with Gasteiger partial charge >= 0.3 is 0 Å². The van der Waals surface area contributed by atoms with Crippen molar-refractivity contribution in [3.63, 3.8) is 0 Å². The maximum absolute atomic E-state index is 3.48. The molecule has 0 aliphatic rings. The van der Waals surface area contributed by atoms with Crippen LogP contribution in [-0.4, -0.2) is 0 Å². The Morgan fingerprint density at radius 1 is 1.13 bits per heavy atom. The second kappa shape index (κ2) is 4.81. The summed E-state index contributed by atoms with van der Waals surface area (Å²) in [6.45, 7) is 2.17. The molecule has 2 rings (SSSR count). The average Bonchev–Trinajstić information content (AvgIpc) is 2.66. The van der Waals surface area contributed by atoms with Crippen LogP contribution in [0, 0.1) is 0 Å². The fourth-order valence-corrected chi connectivity index (χ4v) is 2.84. The fraction of sp³-hybridized carbons (Fsp3) is 0.167. The molecule has 1 heterocycles. The fourth-order valence-electron chi connectivity index (χ4n) is 1.42. The van der Waals surface area contributed by atoms with E-state index in [1.165, 1.54) is 8.66 Å². The van der Waals surface area contributed by atoms with Crippen molar-refractivity contribution in [3.8, 4) is 0 Å². The monoisotopic (exact) mass is 281 g/mol. The molecule has 78 valence electrons. The number of para-hydroxylation sites is 1. The van der Waals surface area contributed by atoms with Crippen molar-refractivity contribution >= 4 is 33.0 Å². The predicted molar refractivity (Wildman–Crippen MR) is 70.5 cm³/mol. The van der Waals surface area contributed by atoms with Crippen LogP contribution in [0.25, 0.3) is 0 Å². The standard InChI is InChI=1S/C12H12BrNS/c1-9(11-7-8-12(13)15-11)14-10-5-3-2-4-6-10/h2-9,14H,1H3/t9-/m0/s1. The molecule has 15 heavy (non-hydrogen) atoms. The molecular weight excluding hydrogens is 270 g/mol. The van der Waals surface area contributed by atoms with Crippen molar-refractivity contribution in [3.05, 3.63) is 51.1 Å². The van der Waals surface area contributed by atoms with Crippen molar-refractivity contribution in [1.29, 1.82) is 0 Å². The Kier molecular flexibility index (Phi) is 3.44. The molecule has 1 N–H and O–H groups in total. The molecule has 1 nitrogen and oxygen atoms in total. The van der Waals surface area contributed by atoms with Gasteiger partial charge in [0.15, 0.2) is 0 Å². The number of hydrogen-bond acceptors (Lipinski definition) is 2. The Hall–Kier alpha value is -0.800. The van der Waals surface area contributed by atoms with E-state index in [0.717, 1.165) is 5.69 Å². The number of rotatable bonds is 3. The molecule has 0 aliphatic carbocycles.